The van der Waals surface area contributed by atoms with Crippen molar-refractivity contribution in [2.24, 2.45) is 0 Å². The normalized spacial score (nSPS) is 14.9. The van der Waals surface area contributed by atoms with E-state index >= 15 is 0 Å². The highest BCUT2D eigenvalue weighted by molar-refractivity contribution is 7.92. The summed E-state index contributed by atoms with van der Waals surface area (Å²) in [5.74, 6) is -0.260. The summed E-state index contributed by atoms with van der Waals surface area (Å²) >= 11 is 0. The topological polar surface area (TPSA) is 69.7 Å². The van der Waals surface area contributed by atoms with Gasteiger partial charge in [-0.1, -0.05) is 37.1 Å². The Morgan fingerprint density at radius 1 is 1.03 bits per heavy atom. The van der Waals surface area contributed by atoms with Crippen LogP contribution in [0.4, 0.5) is 5.69 Å². The first kappa shape index (κ1) is 21.3. The number of nitrogens with zero attached hydrogens (tertiary/aromatic N) is 2. The Morgan fingerprint density at radius 3 is 2.41 bits per heavy atom. The van der Waals surface area contributed by atoms with Crippen LogP contribution in [0.25, 0.3) is 0 Å². The van der Waals surface area contributed by atoms with E-state index in [1.807, 2.05) is 6.07 Å². The molecular formula is C22H29N3O3S. The second kappa shape index (κ2) is 9.41. The molecule has 29 heavy (non-hydrogen) atoms. The lowest BCUT2D eigenvalue weighted by Crippen LogP contribution is -2.37. The summed E-state index contributed by atoms with van der Waals surface area (Å²) in [6.07, 6.45) is 5.00. The fourth-order valence-corrected chi connectivity index (χ4v) is 4.95. The largest absolute Gasteiger partial charge is 0.351 e. The molecule has 1 aliphatic carbocycles. The van der Waals surface area contributed by atoms with Gasteiger partial charge in [-0.25, -0.2) is 8.42 Å². The first-order valence-corrected chi connectivity index (χ1v) is 11.5. The lowest BCUT2D eigenvalue weighted by Gasteiger charge is -2.24. The van der Waals surface area contributed by atoms with Gasteiger partial charge in [0.1, 0.15) is 0 Å². The Hall–Kier alpha value is -2.38. The Labute approximate surface area is 173 Å². The number of sulfonamides is 1. The molecule has 0 aliphatic heterocycles. The molecule has 0 radical (unpaired) electrons. The van der Waals surface area contributed by atoms with Gasteiger partial charge in [-0.15, -0.1) is 0 Å². The number of likely N-dealkylation sites (N-methyl/N-ethyl adjacent to an activating group) is 1. The minimum atomic E-state index is -3.75. The summed E-state index contributed by atoms with van der Waals surface area (Å²) in [5.41, 5.74) is 0.911. The van der Waals surface area contributed by atoms with E-state index in [0.717, 1.165) is 6.54 Å². The number of carbonyl (C=O) groups is 1. The number of nitrogens with one attached hydrogen (secondary N) is 1. The van der Waals surface area contributed by atoms with Crippen LogP contribution >= 0.6 is 0 Å². The number of amides is 1. The van der Waals surface area contributed by atoms with Gasteiger partial charge in [0.05, 0.1) is 10.6 Å². The van der Waals surface area contributed by atoms with Crippen LogP contribution in [0.2, 0.25) is 0 Å². The van der Waals surface area contributed by atoms with Crippen LogP contribution in [0.15, 0.2) is 59.5 Å². The standard InChI is InChI=1S/C22H29N3O3S/c1-24(19-10-6-7-11-19)16-15-23-22(26)18-9-8-14-21(17-18)29(27,28)25(2)20-12-4-3-5-13-20/h3-5,8-9,12-14,17,19H,6-7,10-11,15-16H2,1-2H3,(H,23,26). The van der Waals surface area contributed by atoms with Gasteiger partial charge in [0.15, 0.2) is 0 Å². The van der Waals surface area contributed by atoms with Crippen molar-refractivity contribution in [1.82, 2.24) is 10.2 Å². The monoisotopic (exact) mass is 415 g/mol. The number of para-hydroxylation sites is 1. The van der Waals surface area contributed by atoms with Crippen LogP contribution in [0.3, 0.4) is 0 Å². The summed E-state index contributed by atoms with van der Waals surface area (Å²) in [5, 5.41) is 2.90. The van der Waals surface area contributed by atoms with Crippen LogP contribution in [-0.2, 0) is 10.0 Å². The lowest BCUT2D eigenvalue weighted by molar-refractivity contribution is 0.0947. The third-order valence-electron chi connectivity index (χ3n) is 5.57. The molecule has 2 aromatic carbocycles. The maximum absolute atomic E-state index is 12.9. The Kier molecular flexibility index (Phi) is 6.92. The van der Waals surface area contributed by atoms with Gasteiger partial charge in [-0.2, -0.15) is 0 Å². The van der Waals surface area contributed by atoms with Crippen molar-refractivity contribution >= 4 is 21.6 Å². The molecule has 7 heteroatoms. The van der Waals surface area contributed by atoms with Crippen molar-refractivity contribution in [2.75, 3.05) is 31.5 Å². The summed E-state index contributed by atoms with van der Waals surface area (Å²) in [7, 11) is -0.146. The fourth-order valence-electron chi connectivity index (χ4n) is 3.71. The predicted molar refractivity (Wildman–Crippen MR) is 116 cm³/mol. The highest BCUT2D eigenvalue weighted by Gasteiger charge is 2.23. The fraction of sp³-hybridized carbons (Fsp3) is 0.409. The SMILES string of the molecule is CN(CCNC(=O)c1cccc(S(=O)(=O)N(C)c2ccccc2)c1)C1CCCC1. The second-order valence-corrected chi connectivity index (χ2v) is 9.48. The third kappa shape index (κ3) is 5.16. The lowest BCUT2D eigenvalue weighted by atomic mass is 10.2. The van der Waals surface area contributed by atoms with Crippen molar-refractivity contribution in [3.05, 3.63) is 60.2 Å². The van der Waals surface area contributed by atoms with Crippen LogP contribution in [0, 0.1) is 0 Å². The van der Waals surface area contributed by atoms with Crippen molar-refractivity contribution < 1.29 is 13.2 Å². The molecule has 6 nitrogen and oxygen atoms in total. The van der Waals surface area contributed by atoms with Crippen LogP contribution < -0.4 is 9.62 Å². The molecule has 156 valence electrons. The van der Waals surface area contributed by atoms with Crippen LogP contribution in [0.1, 0.15) is 36.0 Å². The summed E-state index contributed by atoms with van der Waals surface area (Å²) in [6.45, 7) is 1.32. The average Bonchev–Trinajstić information content (AvgIpc) is 3.29. The highest BCUT2D eigenvalue weighted by Crippen LogP contribution is 2.23. The van der Waals surface area contributed by atoms with Gasteiger partial charge in [0.25, 0.3) is 15.9 Å². The van der Waals surface area contributed by atoms with Gasteiger partial charge >= 0.3 is 0 Å². The van der Waals surface area contributed by atoms with E-state index in [0.29, 0.717) is 23.8 Å². The molecule has 0 atom stereocenters. The van der Waals surface area contributed by atoms with E-state index in [9.17, 15) is 13.2 Å². The zero-order valence-corrected chi connectivity index (χ0v) is 17.9. The Morgan fingerprint density at radius 2 is 1.72 bits per heavy atom. The molecule has 1 N–H and O–H groups in total. The molecule has 1 amide bonds. The van der Waals surface area contributed by atoms with Gasteiger partial charge in [0, 0.05) is 31.7 Å². The molecular weight excluding hydrogens is 386 g/mol. The number of rotatable bonds is 8. The highest BCUT2D eigenvalue weighted by atomic mass is 32.2. The maximum Gasteiger partial charge on any atom is 0.264 e. The molecule has 0 unspecified atom stereocenters. The summed E-state index contributed by atoms with van der Waals surface area (Å²) < 4.78 is 27.1. The molecule has 0 saturated heterocycles. The van der Waals surface area contributed by atoms with E-state index in [-0.39, 0.29) is 10.8 Å². The molecule has 2 aromatic rings. The number of carbonyl (C=O) groups excluding carboxylic acids is 1. The smallest absolute Gasteiger partial charge is 0.264 e. The molecule has 0 heterocycles. The van der Waals surface area contributed by atoms with E-state index in [4.69, 9.17) is 0 Å². The first-order valence-electron chi connectivity index (χ1n) is 10.0. The quantitative estimate of drug-likeness (QED) is 0.719. The van der Waals surface area contributed by atoms with Crippen molar-refractivity contribution in [2.45, 2.75) is 36.6 Å². The van der Waals surface area contributed by atoms with Gasteiger partial charge in [-0.3, -0.25) is 9.10 Å². The minimum Gasteiger partial charge on any atom is -0.351 e. The Bertz CT molecular complexity index is 925. The van der Waals surface area contributed by atoms with E-state index < -0.39 is 10.0 Å². The molecule has 1 fully saturated rings. The summed E-state index contributed by atoms with van der Waals surface area (Å²) in [6, 6.07) is 15.7. The average molecular weight is 416 g/mol. The molecule has 0 spiro atoms. The van der Waals surface area contributed by atoms with Crippen LogP contribution in [-0.4, -0.2) is 52.5 Å². The number of hydrogen-bond acceptors (Lipinski definition) is 4. The maximum atomic E-state index is 12.9. The third-order valence-corrected chi connectivity index (χ3v) is 7.35. The molecule has 1 saturated carbocycles. The van der Waals surface area contributed by atoms with E-state index in [1.54, 1.807) is 36.4 Å². The van der Waals surface area contributed by atoms with Crippen molar-refractivity contribution in [3.8, 4) is 0 Å². The van der Waals surface area contributed by atoms with Crippen LogP contribution in [0.5, 0.6) is 0 Å². The van der Waals surface area contributed by atoms with Gasteiger partial charge in [0.2, 0.25) is 0 Å². The van der Waals surface area contributed by atoms with Gasteiger partial charge in [-0.05, 0) is 50.2 Å². The summed E-state index contributed by atoms with van der Waals surface area (Å²) in [4.78, 5) is 14.9. The Balaban J connectivity index is 1.64. The van der Waals surface area contributed by atoms with Crippen molar-refractivity contribution in [3.63, 3.8) is 0 Å². The predicted octanol–water partition coefficient (Wildman–Crippen LogP) is 3.12. The van der Waals surface area contributed by atoms with Gasteiger partial charge < -0.3 is 10.2 Å². The second-order valence-electron chi connectivity index (χ2n) is 7.51. The van der Waals surface area contributed by atoms with Crippen molar-refractivity contribution in [1.29, 1.82) is 0 Å². The number of hydrogen-bond donors (Lipinski definition) is 1. The minimum absolute atomic E-state index is 0.0968. The molecule has 3 rings (SSSR count). The zero-order valence-electron chi connectivity index (χ0n) is 17.0. The van der Waals surface area contributed by atoms with E-state index in [1.165, 1.54) is 49.2 Å². The first-order chi connectivity index (χ1) is 13.9. The van der Waals surface area contributed by atoms with E-state index in [2.05, 4.69) is 17.3 Å². The number of anilines is 1. The zero-order chi connectivity index (χ0) is 20.9. The molecule has 0 bridgehead atoms. The molecule has 0 aromatic heterocycles. The molecule has 1 aliphatic rings. The number of benzene rings is 2.